The van der Waals surface area contributed by atoms with E-state index in [2.05, 4.69) is 20.7 Å². The molecule has 3 nitrogen and oxygen atoms in total. The van der Waals surface area contributed by atoms with Crippen LogP contribution in [0.5, 0.6) is 5.75 Å². The highest BCUT2D eigenvalue weighted by atomic mass is 79.9. The molecule has 0 bridgehead atoms. The van der Waals surface area contributed by atoms with Crippen LogP contribution in [0.15, 0.2) is 16.6 Å². The lowest BCUT2D eigenvalue weighted by Crippen LogP contribution is -2.32. The van der Waals surface area contributed by atoms with Gasteiger partial charge < -0.3 is 9.47 Å². The van der Waals surface area contributed by atoms with Gasteiger partial charge in [0.05, 0.1) is 17.0 Å². The van der Waals surface area contributed by atoms with Gasteiger partial charge in [-0.25, -0.2) is 8.78 Å². The summed E-state index contributed by atoms with van der Waals surface area (Å²) in [6.07, 6.45) is 0. The molecule has 0 heterocycles. The first-order chi connectivity index (χ1) is 8.27. The minimum Gasteiger partial charge on any atom is -0.488 e. The van der Waals surface area contributed by atoms with E-state index in [0.29, 0.717) is 6.07 Å². The molecule has 0 aliphatic heterocycles. The Balaban J connectivity index is 2.84. The van der Waals surface area contributed by atoms with E-state index in [-0.39, 0.29) is 16.8 Å². The zero-order valence-electron chi connectivity index (χ0n) is 10.2. The molecule has 0 fully saturated rings. The van der Waals surface area contributed by atoms with Crippen molar-refractivity contribution < 1.29 is 23.0 Å². The molecule has 0 radical (unpaired) electrons. The molecular weight excluding hydrogens is 310 g/mol. The minimum absolute atomic E-state index is 0.0825. The minimum atomic E-state index is -0.922. The molecule has 1 aromatic rings. The van der Waals surface area contributed by atoms with Crippen LogP contribution in [0, 0.1) is 17.0 Å². The number of ether oxygens (including phenoxy) is 2. The Hall–Kier alpha value is -1.17. The number of hydrogen-bond donors (Lipinski definition) is 0. The number of hydrogen-bond acceptors (Lipinski definition) is 3. The average molecular weight is 323 g/mol. The van der Waals surface area contributed by atoms with Crippen LogP contribution in [0.25, 0.3) is 0 Å². The van der Waals surface area contributed by atoms with Crippen molar-refractivity contribution in [3.63, 3.8) is 0 Å². The van der Waals surface area contributed by atoms with E-state index in [1.54, 1.807) is 13.8 Å². The molecule has 0 aliphatic rings. The maximum Gasteiger partial charge on any atom is 0.314 e. The van der Waals surface area contributed by atoms with E-state index in [4.69, 9.17) is 4.74 Å². The van der Waals surface area contributed by atoms with Crippen molar-refractivity contribution in [2.75, 3.05) is 13.7 Å². The smallest absolute Gasteiger partial charge is 0.314 e. The molecule has 1 aromatic carbocycles. The van der Waals surface area contributed by atoms with Crippen molar-refractivity contribution in [3.8, 4) is 5.75 Å². The Morgan fingerprint density at radius 2 is 2.00 bits per heavy atom. The maximum absolute atomic E-state index is 13.5. The van der Waals surface area contributed by atoms with E-state index in [0.717, 1.165) is 6.07 Å². The third-order valence-corrected chi connectivity index (χ3v) is 2.87. The lowest BCUT2D eigenvalue weighted by atomic mass is 9.95. The number of benzene rings is 1. The van der Waals surface area contributed by atoms with Crippen LogP contribution in [0.3, 0.4) is 0 Å². The quantitative estimate of drug-likeness (QED) is 0.798. The number of halogens is 3. The highest BCUT2D eigenvalue weighted by molar-refractivity contribution is 9.10. The van der Waals surface area contributed by atoms with Crippen LogP contribution in [-0.4, -0.2) is 19.7 Å². The van der Waals surface area contributed by atoms with Crippen molar-refractivity contribution in [2.45, 2.75) is 13.8 Å². The largest absolute Gasteiger partial charge is 0.488 e. The fraction of sp³-hybridized carbons (Fsp3) is 0.417. The predicted molar refractivity (Wildman–Crippen MR) is 65.4 cm³/mol. The van der Waals surface area contributed by atoms with Gasteiger partial charge in [-0.2, -0.15) is 0 Å². The zero-order valence-corrected chi connectivity index (χ0v) is 11.8. The summed E-state index contributed by atoms with van der Waals surface area (Å²) < 4.78 is 36.3. The van der Waals surface area contributed by atoms with Crippen molar-refractivity contribution in [3.05, 3.63) is 28.2 Å². The van der Waals surface area contributed by atoms with E-state index in [1.807, 2.05) is 0 Å². The van der Waals surface area contributed by atoms with Gasteiger partial charge in [0.25, 0.3) is 0 Å². The summed E-state index contributed by atoms with van der Waals surface area (Å²) in [6.45, 7) is 3.13. The highest BCUT2D eigenvalue weighted by Crippen LogP contribution is 2.31. The third-order valence-electron chi connectivity index (χ3n) is 2.28. The van der Waals surface area contributed by atoms with Crippen LogP contribution in [0.1, 0.15) is 13.8 Å². The molecule has 0 aromatic heterocycles. The number of carbonyl (C=O) groups excluding carboxylic acids is 1. The van der Waals surface area contributed by atoms with E-state index in [1.165, 1.54) is 7.11 Å². The number of carbonyl (C=O) groups is 1. The fourth-order valence-electron chi connectivity index (χ4n) is 1.25. The molecule has 0 amide bonds. The first-order valence-corrected chi connectivity index (χ1v) is 5.93. The second-order valence-electron chi connectivity index (χ2n) is 4.36. The number of esters is 1. The van der Waals surface area contributed by atoms with Gasteiger partial charge in [-0.15, -0.1) is 0 Å². The van der Waals surface area contributed by atoms with E-state index < -0.39 is 23.0 Å². The topological polar surface area (TPSA) is 35.5 Å². The van der Waals surface area contributed by atoms with Crippen LogP contribution in [0.4, 0.5) is 8.78 Å². The molecule has 1 rings (SSSR count). The summed E-state index contributed by atoms with van der Waals surface area (Å²) >= 11 is 3.00. The molecule has 0 aliphatic carbocycles. The molecule has 0 saturated carbocycles. The van der Waals surface area contributed by atoms with Gasteiger partial charge in [0.1, 0.15) is 12.4 Å². The lowest BCUT2D eigenvalue weighted by Gasteiger charge is -2.22. The van der Waals surface area contributed by atoms with Crippen LogP contribution >= 0.6 is 15.9 Å². The molecule has 6 heteroatoms. The summed E-state index contributed by atoms with van der Waals surface area (Å²) in [5.74, 6) is -2.14. The van der Waals surface area contributed by atoms with Gasteiger partial charge in [0.2, 0.25) is 0 Å². The zero-order chi connectivity index (χ0) is 13.9. The molecule has 100 valence electrons. The van der Waals surface area contributed by atoms with Crippen LogP contribution in [-0.2, 0) is 9.53 Å². The van der Waals surface area contributed by atoms with Gasteiger partial charge in [-0.3, -0.25) is 4.79 Å². The fourth-order valence-corrected chi connectivity index (χ4v) is 1.78. The molecule has 0 N–H and O–H groups in total. The molecular formula is C12H13BrF2O3. The van der Waals surface area contributed by atoms with Crippen molar-refractivity contribution in [2.24, 2.45) is 5.41 Å². The third kappa shape index (κ3) is 3.41. The molecule has 0 unspecified atom stereocenters. The van der Waals surface area contributed by atoms with E-state index in [9.17, 15) is 13.6 Å². The van der Waals surface area contributed by atoms with Crippen LogP contribution in [0.2, 0.25) is 0 Å². The summed E-state index contributed by atoms with van der Waals surface area (Å²) in [7, 11) is 1.26. The maximum atomic E-state index is 13.5. The average Bonchev–Trinajstić information content (AvgIpc) is 2.26. The SMILES string of the molecule is COC(=O)C(C)(C)COc1c(F)cc(F)cc1Br. The summed E-state index contributed by atoms with van der Waals surface area (Å²) in [5, 5.41) is 0. The summed E-state index contributed by atoms with van der Waals surface area (Å²) in [4.78, 5) is 11.4. The molecule has 0 atom stereocenters. The normalized spacial score (nSPS) is 11.2. The first kappa shape index (κ1) is 14.9. The standard InChI is InChI=1S/C12H13BrF2O3/c1-12(2,11(16)17-3)6-18-10-8(13)4-7(14)5-9(10)15/h4-5H,6H2,1-3H3. The Morgan fingerprint density at radius 1 is 1.39 bits per heavy atom. The second kappa shape index (κ2) is 5.65. The Bertz CT molecular complexity index is 438. The molecule has 0 saturated heterocycles. The van der Waals surface area contributed by atoms with Gasteiger partial charge in [0.15, 0.2) is 11.6 Å². The predicted octanol–water partition coefficient (Wildman–Crippen LogP) is 3.31. The Labute approximate surface area is 112 Å². The van der Waals surface area contributed by atoms with Crippen molar-refractivity contribution >= 4 is 21.9 Å². The Morgan fingerprint density at radius 3 is 2.50 bits per heavy atom. The van der Waals surface area contributed by atoms with Crippen LogP contribution < -0.4 is 4.74 Å². The van der Waals surface area contributed by atoms with Gasteiger partial charge in [-0.05, 0) is 35.8 Å². The highest BCUT2D eigenvalue weighted by Gasteiger charge is 2.30. The lowest BCUT2D eigenvalue weighted by molar-refractivity contribution is -0.152. The second-order valence-corrected chi connectivity index (χ2v) is 5.22. The molecule has 18 heavy (non-hydrogen) atoms. The van der Waals surface area contributed by atoms with Crippen molar-refractivity contribution in [1.82, 2.24) is 0 Å². The van der Waals surface area contributed by atoms with Gasteiger partial charge in [-0.1, -0.05) is 0 Å². The molecule has 0 spiro atoms. The number of rotatable bonds is 4. The number of methoxy groups -OCH3 is 1. The summed E-state index contributed by atoms with van der Waals surface area (Å²) in [5.41, 5.74) is -0.922. The van der Waals surface area contributed by atoms with Crippen molar-refractivity contribution in [1.29, 1.82) is 0 Å². The monoisotopic (exact) mass is 322 g/mol. The first-order valence-electron chi connectivity index (χ1n) is 5.13. The Kier molecular flexibility index (Phi) is 4.67. The van der Waals surface area contributed by atoms with E-state index >= 15 is 0 Å². The summed E-state index contributed by atoms with van der Waals surface area (Å²) in [6, 6.07) is 1.80. The van der Waals surface area contributed by atoms with Gasteiger partial charge >= 0.3 is 5.97 Å². The van der Waals surface area contributed by atoms with Gasteiger partial charge in [0, 0.05) is 6.07 Å².